The van der Waals surface area contributed by atoms with Gasteiger partial charge in [-0.2, -0.15) is 0 Å². The molecule has 0 aromatic heterocycles. The number of nitrogens with one attached hydrogen (secondary N) is 1. The Hall–Kier alpha value is -1.83. The van der Waals surface area contributed by atoms with E-state index < -0.39 is 30.0 Å². The lowest BCUT2D eigenvalue weighted by Gasteiger charge is -2.34. The standard InChI is InChI=1S/C11H19N3O5/c1-6(2)8(10(16)17)13-11(18)14-3-4-19-5-7(14)9(12)15/h6-8H,3-5H2,1-2H3,(H2,12,15)(H,13,18)(H,16,17)/t7?,8-/m0/s1. The second-order valence-electron chi connectivity index (χ2n) is 4.70. The average molecular weight is 273 g/mol. The zero-order valence-corrected chi connectivity index (χ0v) is 11.0. The highest BCUT2D eigenvalue weighted by molar-refractivity contribution is 5.88. The number of morpholine rings is 1. The van der Waals surface area contributed by atoms with E-state index in [1.807, 2.05) is 0 Å². The number of carboxylic acid groups (broad SMARTS) is 1. The van der Waals surface area contributed by atoms with Gasteiger partial charge in [-0.3, -0.25) is 4.79 Å². The number of nitrogens with two attached hydrogens (primary N) is 1. The van der Waals surface area contributed by atoms with Gasteiger partial charge in [0.05, 0.1) is 13.2 Å². The minimum atomic E-state index is -1.12. The quantitative estimate of drug-likeness (QED) is 0.606. The molecule has 1 saturated heterocycles. The molecule has 0 saturated carbocycles. The van der Waals surface area contributed by atoms with Gasteiger partial charge >= 0.3 is 12.0 Å². The number of urea groups is 1. The minimum absolute atomic E-state index is 0.0299. The summed E-state index contributed by atoms with van der Waals surface area (Å²) in [4.78, 5) is 35.5. The molecule has 3 amide bonds. The normalized spacial score (nSPS) is 21.0. The third-order valence-corrected chi connectivity index (χ3v) is 2.93. The summed E-state index contributed by atoms with van der Waals surface area (Å²) in [6.07, 6.45) is 0. The highest BCUT2D eigenvalue weighted by Gasteiger charge is 2.34. The van der Waals surface area contributed by atoms with Crippen LogP contribution in [0, 0.1) is 5.92 Å². The molecule has 8 nitrogen and oxygen atoms in total. The van der Waals surface area contributed by atoms with Crippen LogP contribution in [-0.4, -0.2) is 59.8 Å². The first-order valence-electron chi connectivity index (χ1n) is 6.01. The fraction of sp³-hybridized carbons (Fsp3) is 0.727. The maximum Gasteiger partial charge on any atom is 0.326 e. The summed E-state index contributed by atoms with van der Waals surface area (Å²) in [5.41, 5.74) is 5.19. The molecule has 2 atom stereocenters. The second kappa shape index (κ2) is 6.37. The number of nitrogens with zero attached hydrogens (tertiary/aromatic N) is 1. The van der Waals surface area contributed by atoms with Gasteiger partial charge in [0.2, 0.25) is 5.91 Å². The molecule has 1 rings (SSSR count). The van der Waals surface area contributed by atoms with Crippen molar-refractivity contribution in [2.75, 3.05) is 19.8 Å². The first kappa shape index (κ1) is 15.2. The average Bonchev–Trinajstić information content (AvgIpc) is 2.34. The van der Waals surface area contributed by atoms with Gasteiger partial charge in [-0.25, -0.2) is 9.59 Å². The van der Waals surface area contributed by atoms with Crippen LogP contribution in [0.3, 0.4) is 0 Å². The maximum absolute atomic E-state index is 12.0. The van der Waals surface area contributed by atoms with Crippen LogP contribution in [0.1, 0.15) is 13.8 Å². The van der Waals surface area contributed by atoms with E-state index in [4.69, 9.17) is 15.6 Å². The molecule has 1 aliphatic heterocycles. The third-order valence-electron chi connectivity index (χ3n) is 2.93. The Bertz CT molecular complexity index is 371. The number of carbonyl (C=O) groups is 3. The van der Waals surface area contributed by atoms with E-state index in [9.17, 15) is 14.4 Å². The van der Waals surface area contributed by atoms with Crippen molar-refractivity contribution in [1.29, 1.82) is 0 Å². The summed E-state index contributed by atoms with van der Waals surface area (Å²) < 4.78 is 5.08. The van der Waals surface area contributed by atoms with Gasteiger partial charge in [0, 0.05) is 6.54 Å². The molecule has 0 aromatic rings. The number of primary amides is 1. The maximum atomic E-state index is 12.0. The highest BCUT2D eigenvalue weighted by atomic mass is 16.5. The molecule has 0 aromatic carbocycles. The molecule has 1 fully saturated rings. The summed E-state index contributed by atoms with van der Waals surface area (Å²) in [5, 5.41) is 11.4. The SMILES string of the molecule is CC(C)[C@H](NC(=O)N1CCOCC1C(N)=O)C(=O)O. The Balaban J connectivity index is 2.74. The van der Waals surface area contributed by atoms with Crippen molar-refractivity contribution in [1.82, 2.24) is 10.2 Å². The zero-order valence-electron chi connectivity index (χ0n) is 11.0. The topological polar surface area (TPSA) is 122 Å². The van der Waals surface area contributed by atoms with E-state index in [0.29, 0.717) is 0 Å². The molecule has 108 valence electrons. The van der Waals surface area contributed by atoms with Gasteiger partial charge in [0.15, 0.2) is 0 Å². The van der Waals surface area contributed by atoms with Crippen molar-refractivity contribution in [3.63, 3.8) is 0 Å². The van der Waals surface area contributed by atoms with Crippen molar-refractivity contribution in [3.05, 3.63) is 0 Å². The predicted octanol–water partition coefficient (Wildman–Crippen LogP) is -1.01. The number of rotatable bonds is 4. The molecule has 19 heavy (non-hydrogen) atoms. The lowest BCUT2D eigenvalue weighted by atomic mass is 10.1. The molecule has 8 heteroatoms. The fourth-order valence-corrected chi connectivity index (χ4v) is 1.81. The van der Waals surface area contributed by atoms with Crippen molar-refractivity contribution >= 4 is 17.9 Å². The molecule has 0 aliphatic carbocycles. The number of carboxylic acids is 1. The fourth-order valence-electron chi connectivity index (χ4n) is 1.81. The van der Waals surface area contributed by atoms with Crippen molar-refractivity contribution in [2.24, 2.45) is 11.7 Å². The lowest BCUT2D eigenvalue weighted by molar-refractivity contribution is -0.140. The number of amides is 3. The summed E-state index contributed by atoms with van der Waals surface area (Å²) in [5.74, 6) is -2.06. The molecule has 4 N–H and O–H groups in total. The predicted molar refractivity (Wildman–Crippen MR) is 65.3 cm³/mol. The van der Waals surface area contributed by atoms with Crippen LogP contribution in [0.25, 0.3) is 0 Å². The monoisotopic (exact) mass is 273 g/mol. The van der Waals surface area contributed by atoms with E-state index in [-0.39, 0.29) is 25.7 Å². The Kier molecular flexibility index (Phi) is 5.11. The van der Waals surface area contributed by atoms with Gasteiger partial charge in [0.25, 0.3) is 0 Å². The second-order valence-corrected chi connectivity index (χ2v) is 4.70. The Morgan fingerprint density at radius 1 is 1.42 bits per heavy atom. The Morgan fingerprint density at radius 2 is 2.05 bits per heavy atom. The van der Waals surface area contributed by atoms with Crippen LogP contribution in [0.2, 0.25) is 0 Å². The lowest BCUT2D eigenvalue weighted by Crippen LogP contribution is -2.59. The smallest absolute Gasteiger partial charge is 0.326 e. The van der Waals surface area contributed by atoms with Crippen LogP contribution in [-0.2, 0) is 14.3 Å². The molecule has 1 aliphatic rings. The van der Waals surface area contributed by atoms with Gasteiger partial charge < -0.3 is 25.8 Å². The number of hydrogen-bond acceptors (Lipinski definition) is 4. The van der Waals surface area contributed by atoms with E-state index in [1.54, 1.807) is 13.8 Å². The van der Waals surface area contributed by atoms with Crippen LogP contribution in [0.5, 0.6) is 0 Å². The number of ether oxygens (including phenoxy) is 1. The first-order chi connectivity index (χ1) is 8.84. The molecule has 1 unspecified atom stereocenters. The van der Waals surface area contributed by atoms with Gasteiger partial charge in [0.1, 0.15) is 12.1 Å². The van der Waals surface area contributed by atoms with Crippen LogP contribution >= 0.6 is 0 Å². The number of hydrogen-bond donors (Lipinski definition) is 3. The summed E-state index contributed by atoms with van der Waals surface area (Å²) >= 11 is 0. The molecule has 0 bridgehead atoms. The van der Waals surface area contributed by atoms with Gasteiger partial charge in [-0.05, 0) is 5.92 Å². The minimum Gasteiger partial charge on any atom is -0.480 e. The van der Waals surface area contributed by atoms with Crippen LogP contribution < -0.4 is 11.1 Å². The molecular formula is C11H19N3O5. The zero-order chi connectivity index (χ0) is 14.6. The first-order valence-corrected chi connectivity index (χ1v) is 6.01. The highest BCUT2D eigenvalue weighted by Crippen LogP contribution is 2.09. The number of aliphatic carboxylic acids is 1. The molecule has 0 radical (unpaired) electrons. The third kappa shape index (κ3) is 3.82. The molecule has 1 heterocycles. The number of carbonyl (C=O) groups excluding carboxylic acids is 2. The van der Waals surface area contributed by atoms with Crippen LogP contribution in [0.4, 0.5) is 4.79 Å². The Labute approximate surface area is 110 Å². The van der Waals surface area contributed by atoms with Crippen LogP contribution in [0.15, 0.2) is 0 Å². The molecular weight excluding hydrogens is 254 g/mol. The Morgan fingerprint density at radius 3 is 2.53 bits per heavy atom. The molecule has 0 spiro atoms. The van der Waals surface area contributed by atoms with E-state index >= 15 is 0 Å². The van der Waals surface area contributed by atoms with Gasteiger partial charge in [-0.15, -0.1) is 0 Å². The summed E-state index contributed by atoms with van der Waals surface area (Å²) in [7, 11) is 0. The largest absolute Gasteiger partial charge is 0.480 e. The summed E-state index contributed by atoms with van der Waals surface area (Å²) in [6.45, 7) is 3.89. The van der Waals surface area contributed by atoms with E-state index in [0.717, 1.165) is 0 Å². The summed E-state index contributed by atoms with van der Waals surface area (Å²) in [6, 6.07) is -2.49. The van der Waals surface area contributed by atoms with Crippen molar-refractivity contribution in [2.45, 2.75) is 25.9 Å². The van der Waals surface area contributed by atoms with E-state index in [2.05, 4.69) is 5.32 Å². The van der Waals surface area contributed by atoms with Crippen molar-refractivity contribution in [3.8, 4) is 0 Å². The van der Waals surface area contributed by atoms with Gasteiger partial charge in [-0.1, -0.05) is 13.8 Å². The van der Waals surface area contributed by atoms with E-state index in [1.165, 1.54) is 4.90 Å². The van der Waals surface area contributed by atoms with Crippen molar-refractivity contribution < 1.29 is 24.2 Å².